The van der Waals surface area contributed by atoms with E-state index in [1.807, 2.05) is 0 Å². The van der Waals surface area contributed by atoms with E-state index in [1.165, 1.54) is 31.0 Å². The second-order valence-electron chi connectivity index (χ2n) is 6.00. The highest BCUT2D eigenvalue weighted by molar-refractivity contribution is 5.84. The molecule has 2 rings (SSSR count). The molecule has 27 heavy (non-hydrogen) atoms. The number of amides is 1. The second-order valence-corrected chi connectivity index (χ2v) is 6.00. The maximum absolute atomic E-state index is 11.7. The van der Waals surface area contributed by atoms with Gasteiger partial charge < -0.3 is 35.2 Å². The molecular weight excluding hydrogens is 364 g/mol. The largest absolute Gasteiger partial charge is 0.478 e. The first kappa shape index (κ1) is 20.8. The molecule has 1 aromatic heterocycles. The summed E-state index contributed by atoms with van der Waals surface area (Å²) in [6, 6.07) is -1.89. The van der Waals surface area contributed by atoms with Gasteiger partial charge in [-0.05, 0) is 6.08 Å². The molecule has 1 amide bonds. The molecule has 0 aromatic carbocycles. The normalized spacial score (nSPS) is 24.5. The van der Waals surface area contributed by atoms with Gasteiger partial charge in [0.1, 0.15) is 24.0 Å². The van der Waals surface area contributed by atoms with Gasteiger partial charge in [0.15, 0.2) is 0 Å². The monoisotopic (exact) mass is 386 g/mol. The Labute approximate surface area is 154 Å². The van der Waals surface area contributed by atoms with Gasteiger partial charge in [0.05, 0.1) is 31.5 Å². The summed E-state index contributed by atoms with van der Waals surface area (Å²) in [5.41, 5.74) is 0.461. The molecule has 0 spiro atoms. The fourth-order valence-electron chi connectivity index (χ4n) is 2.76. The molecule has 0 radical (unpaired) electrons. The van der Waals surface area contributed by atoms with Crippen LogP contribution in [0.15, 0.2) is 18.0 Å². The van der Waals surface area contributed by atoms with Crippen molar-refractivity contribution >= 4 is 11.9 Å². The zero-order valence-corrected chi connectivity index (χ0v) is 14.7. The topological polar surface area (TPSA) is 176 Å². The van der Waals surface area contributed by atoms with E-state index in [-0.39, 0.29) is 6.61 Å². The average Bonchev–Trinajstić information content (AvgIpc) is 3.08. The maximum atomic E-state index is 11.7. The third-order valence-corrected chi connectivity index (χ3v) is 3.96. The molecule has 12 nitrogen and oxygen atoms in total. The molecule has 0 saturated heterocycles. The minimum Gasteiger partial charge on any atom is -0.478 e. The first-order chi connectivity index (χ1) is 12.8. The Bertz CT molecular complexity index is 706. The van der Waals surface area contributed by atoms with E-state index in [2.05, 4.69) is 15.6 Å². The zero-order chi connectivity index (χ0) is 20.1. The number of carboxylic acids is 1. The molecule has 150 valence electrons. The lowest BCUT2D eigenvalue weighted by atomic mass is 9.92. The van der Waals surface area contributed by atoms with E-state index < -0.39 is 54.6 Å². The van der Waals surface area contributed by atoms with Gasteiger partial charge in [0.2, 0.25) is 11.7 Å². The lowest BCUT2D eigenvalue weighted by Crippen LogP contribution is -2.58. The molecule has 5 atom stereocenters. The van der Waals surface area contributed by atoms with Crippen molar-refractivity contribution in [2.24, 2.45) is 0 Å². The van der Waals surface area contributed by atoms with Crippen LogP contribution < -0.4 is 5.32 Å². The predicted octanol–water partition coefficient (Wildman–Crippen LogP) is -2.45. The smallest absolute Gasteiger partial charge is 0.370 e. The van der Waals surface area contributed by atoms with Crippen LogP contribution in [0.2, 0.25) is 0 Å². The van der Waals surface area contributed by atoms with E-state index in [0.717, 1.165) is 0 Å². The highest BCUT2D eigenvalue weighted by atomic mass is 16.5. The van der Waals surface area contributed by atoms with Gasteiger partial charge in [0.25, 0.3) is 0 Å². The number of carbonyl (C=O) groups excluding carboxylic acids is 1. The number of hydrogen-bond acceptors (Lipinski definition) is 9. The van der Waals surface area contributed by atoms with Crippen molar-refractivity contribution in [1.29, 1.82) is 0 Å². The molecule has 0 bridgehead atoms. The van der Waals surface area contributed by atoms with Crippen molar-refractivity contribution in [2.75, 3.05) is 13.7 Å². The predicted molar refractivity (Wildman–Crippen MR) is 87.1 cm³/mol. The van der Waals surface area contributed by atoms with Crippen LogP contribution in [0, 0.1) is 0 Å². The van der Waals surface area contributed by atoms with Crippen LogP contribution in [-0.2, 0) is 25.7 Å². The first-order valence-corrected chi connectivity index (χ1v) is 8.04. The van der Waals surface area contributed by atoms with Gasteiger partial charge in [-0.3, -0.25) is 4.79 Å². The molecular formula is C15H22N4O8. The van der Waals surface area contributed by atoms with Crippen molar-refractivity contribution in [2.45, 2.75) is 43.9 Å². The van der Waals surface area contributed by atoms with Crippen molar-refractivity contribution in [3.63, 3.8) is 0 Å². The molecule has 2 heterocycles. The Balaban J connectivity index is 2.47. The minimum absolute atomic E-state index is 0.165. The van der Waals surface area contributed by atoms with Gasteiger partial charge in [-0.2, -0.15) is 0 Å². The zero-order valence-electron chi connectivity index (χ0n) is 14.7. The van der Waals surface area contributed by atoms with Crippen LogP contribution in [0.4, 0.5) is 0 Å². The number of nitrogens with one attached hydrogen (secondary N) is 1. The SMILES string of the molecule is COCc1cn([C@H]2C=C(C(=O)O)O[C@@H]([C@H](O)C(O)CO)[C@@H]2NC(C)=O)nn1. The quantitative estimate of drug-likeness (QED) is 0.322. The molecule has 12 heteroatoms. The molecule has 5 N–H and O–H groups in total. The number of rotatable bonds is 8. The average molecular weight is 386 g/mol. The van der Waals surface area contributed by atoms with E-state index >= 15 is 0 Å². The van der Waals surface area contributed by atoms with Gasteiger partial charge >= 0.3 is 5.97 Å². The summed E-state index contributed by atoms with van der Waals surface area (Å²) in [7, 11) is 1.47. The maximum Gasteiger partial charge on any atom is 0.370 e. The summed E-state index contributed by atoms with van der Waals surface area (Å²) in [5.74, 6) is -2.39. The van der Waals surface area contributed by atoms with Crippen LogP contribution in [0.3, 0.4) is 0 Å². The van der Waals surface area contributed by atoms with E-state index in [4.69, 9.17) is 14.6 Å². The number of aliphatic hydroxyl groups is 3. The van der Waals surface area contributed by atoms with E-state index in [0.29, 0.717) is 5.69 Å². The summed E-state index contributed by atoms with van der Waals surface area (Å²) in [6.45, 7) is 0.613. The number of aromatic nitrogens is 3. The number of ether oxygens (including phenoxy) is 2. The summed E-state index contributed by atoms with van der Waals surface area (Å²) in [4.78, 5) is 23.1. The second kappa shape index (κ2) is 8.90. The Morgan fingerprint density at radius 3 is 2.70 bits per heavy atom. The van der Waals surface area contributed by atoms with Crippen molar-refractivity contribution < 1.29 is 39.5 Å². The van der Waals surface area contributed by atoms with Gasteiger partial charge in [-0.15, -0.1) is 5.10 Å². The number of aliphatic hydroxyl groups excluding tert-OH is 3. The van der Waals surface area contributed by atoms with Crippen molar-refractivity contribution in [3.05, 3.63) is 23.7 Å². The number of nitrogens with zero attached hydrogens (tertiary/aromatic N) is 3. The van der Waals surface area contributed by atoms with Crippen LogP contribution >= 0.6 is 0 Å². The molecule has 0 fully saturated rings. The van der Waals surface area contributed by atoms with Gasteiger partial charge in [-0.1, -0.05) is 5.21 Å². The highest BCUT2D eigenvalue weighted by Crippen LogP contribution is 2.29. The molecule has 1 aromatic rings. The summed E-state index contributed by atoms with van der Waals surface area (Å²) >= 11 is 0. The summed E-state index contributed by atoms with van der Waals surface area (Å²) in [5, 5.41) is 48.9. The fourth-order valence-corrected chi connectivity index (χ4v) is 2.76. The summed E-state index contributed by atoms with van der Waals surface area (Å²) < 4.78 is 11.6. The molecule has 0 aliphatic carbocycles. The lowest BCUT2D eigenvalue weighted by molar-refractivity contribution is -0.147. The third-order valence-electron chi connectivity index (χ3n) is 3.96. The standard InChI is InChI=1S/C15H22N4O8/c1-7(21)16-12-9(19-4-8(6-26-2)17-18-19)3-11(15(24)25)27-14(12)13(23)10(22)5-20/h3-4,9-10,12-14,20,22-23H,5-6H2,1-2H3,(H,16,21)(H,24,25)/t9-,10?,12+,13+,14+/m0/s1. The van der Waals surface area contributed by atoms with Gasteiger partial charge in [-0.25, -0.2) is 9.48 Å². The fraction of sp³-hybridized carbons (Fsp3) is 0.600. The number of carboxylic acid groups (broad SMARTS) is 1. The van der Waals surface area contributed by atoms with Crippen LogP contribution in [0.25, 0.3) is 0 Å². The molecule has 0 saturated carbocycles. The molecule has 1 aliphatic rings. The van der Waals surface area contributed by atoms with Crippen LogP contribution in [0.1, 0.15) is 18.7 Å². The number of methoxy groups -OCH3 is 1. The lowest BCUT2D eigenvalue weighted by Gasteiger charge is -2.39. The Hall–Kier alpha value is -2.54. The van der Waals surface area contributed by atoms with Crippen LogP contribution in [0.5, 0.6) is 0 Å². The molecule has 1 aliphatic heterocycles. The molecule has 1 unspecified atom stereocenters. The number of carbonyl (C=O) groups is 2. The third kappa shape index (κ3) is 4.80. The number of aliphatic carboxylic acids is 1. The van der Waals surface area contributed by atoms with E-state index in [1.54, 1.807) is 0 Å². The summed E-state index contributed by atoms with van der Waals surface area (Å²) in [6.07, 6.45) is -1.95. The first-order valence-electron chi connectivity index (χ1n) is 8.04. The Kier molecular flexibility index (Phi) is 6.85. The van der Waals surface area contributed by atoms with Crippen molar-refractivity contribution in [3.8, 4) is 0 Å². The highest BCUT2D eigenvalue weighted by Gasteiger charge is 2.44. The van der Waals surface area contributed by atoms with Gasteiger partial charge in [0, 0.05) is 14.0 Å². The van der Waals surface area contributed by atoms with E-state index in [9.17, 15) is 24.9 Å². The van der Waals surface area contributed by atoms with Crippen molar-refractivity contribution in [1.82, 2.24) is 20.3 Å². The Morgan fingerprint density at radius 2 is 2.15 bits per heavy atom. The van der Waals surface area contributed by atoms with Crippen LogP contribution in [-0.4, -0.2) is 85.4 Å². The Morgan fingerprint density at radius 1 is 1.44 bits per heavy atom. The number of hydrogen-bond donors (Lipinski definition) is 5. The minimum atomic E-state index is -1.68.